The maximum atomic E-state index is 13.8. The van der Waals surface area contributed by atoms with Gasteiger partial charge in [-0.2, -0.15) is 0 Å². The lowest BCUT2D eigenvalue weighted by atomic mass is 9.44. The largest absolute Gasteiger partial charge is 0.349 e. The van der Waals surface area contributed by atoms with Gasteiger partial charge in [0.2, 0.25) is 0 Å². The monoisotopic (exact) mass is 640 g/mol. The highest BCUT2D eigenvalue weighted by molar-refractivity contribution is 5.75. The quantitative estimate of drug-likeness (QED) is 0.300. The van der Waals surface area contributed by atoms with Crippen LogP contribution in [0.1, 0.15) is 124 Å². The van der Waals surface area contributed by atoms with Crippen LogP contribution in [0.4, 0.5) is 9.59 Å². The zero-order chi connectivity index (χ0) is 32.3. The van der Waals surface area contributed by atoms with E-state index < -0.39 is 0 Å². The molecule has 0 radical (unpaired) electrons. The van der Waals surface area contributed by atoms with Gasteiger partial charge < -0.3 is 30.3 Å². The molecule has 4 amide bonds. The van der Waals surface area contributed by atoms with Crippen LogP contribution < -0.4 is 16.0 Å². The molecule has 0 aromatic heterocycles. The maximum Gasteiger partial charge on any atom is 0.317 e. The van der Waals surface area contributed by atoms with Crippen LogP contribution in [0, 0.1) is 52.3 Å². The zero-order valence-electron chi connectivity index (χ0n) is 29.6. The summed E-state index contributed by atoms with van der Waals surface area (Å²) in [7, 11) is 1.63. The van der Waals surface area contributed by atoms with E-state index in [1.807, 2.05) is 4.90 Å². The molecular weight excluding hydrogens is 576 g/mol. The second-order valence-electron chi connectivity index (χ2n) is 17.6. The number of urea groups is 2. The highest BCUT2D eigenvalue weighted by atomic mass is 16.7. The molecule has 5 aliphatic carbocycles. The lowest BCUT2D eigenvalue weighted by Gasteiger charge is -2.61. The van der Waals surface area contributed by atoms with Crippen molar-refractivity contribution in [1.29, 1.82) is 0 Å². The minimum Gasteiger partial charge on any atom is -0.349 e. The summed E-state index contributed by atoms with van der Waals surface area (Å²) in [5.41, 5.74) is 0.741. The third kappa shape index (κ3) is 5.57. The number of hydrogen-bond donors (Lipinski definition) is 3. The minimum atomic E-state index is -0.327. The Kier molecular flexibility index (Phi) is 9.13. The standard InChI is InChI=1S/C38H64N4O4/c1-24-13-18-38(45-23-24)25(2)33-32(46-38)22-31-29-12-11-26-21-27(14-16-36(26,3)30(29)15-17-37(31,33)4)41-35(44)42(20-19-40-34(43)39-5)28-9-7-6-8-10-28/h24-33H,6-23H2,1-5H3,(H,41,44)(H2,39,40,43)/t24-,25-,26+,27+,29+,30-,31-,32-,33-,36-,37-,38+/m0/s1. The van der Waals surface area contributed by atoms with Gasteiger partial charge in [-0.15, -0.1) is 0 Å². The fourth-order valence-electron chi connectivity index (χ4n) is 12.9. The summed E-state index contributed by atoms with van der Waals surface area (Å²) in [6, 6.07) is 0.432. The lowest BCUT2D eigenvalue weighted by Crippen LogP contribution is -2.57. The molecule has 7 rings (SSSR count). The molecule has 2 saturated heterocycles. The highest BCUT2D eigenvalue weighted by Gasteiger charge is 2.69. The number of carbonyl (C=O) groups is 2. The maximum absolute atomic E-state index is 13.8. The van der Waals surface area contributed by atoms with Crippen LogP contribution in [0.5, 0.6) is 0 Å². The molecule has 0 bridgehead atoms. The minimum absolute atomic E-state index is 0.0853. The summed E-state index contributed by atoms with van der Waals surface area (Å²) in [5, 5.41) is 9.04. The molecule has 1 spiro atoms. The van der Waals surface area contributed by atoms with Crippen LogP contribution in [0.3, 0.4) is 0 Å². The van der Waals surface area contributed by atoms with Crippen molar-refractivity contribution >= 4 is 12.1 Å². The van der Waals surface area contributed by atoms with Crippen molar-refractivity contribution in [2.45, 2.75) is 148 Å². The number of nitrogens with one attached hydrogen (secondary N) is 3. The molecule has 12 atom stereocenters. The van der Waals surface area contributed by atoms with Crippen molar-refractivity contribution in [3.8, 4) is 0 Å². The molecule has 8 nitrogen and oxygen atoms in total. The highest BCUT2D eigenvalue weighted by Crippen LogP contribution is 2.71. The molecule has 5 saturated carbocycles. The molecule has 7 fully saturated rings. The van der Waals surface area contributed by atoms with E-state index in [-0.39, 0.29) is 29.9 Å². The first-order chi connectivity index (χ1) is 22.1. The van der Waals surface area contributed by atoms with Gasteiger partial charge in [0, 0.05) is 44.6 Å². The SMILES string of the molecule is CNC(=O)NCCN(C(=O)N[C@@H]1CC[C@@]2(C)[C@H](CC[C@@H]3[C@@H]2CC[C@]2(C)[C@@H]4[C@H](C[C@@H]32)O[C@]2(CC[C@H](C)CO2)[C@H]4C)C1)C1CCCCC1. The molecule has 7 aliphatic rings. The molecule has 2 aliphatic heterocycles. The van der Waals surface area contributed by atoms with Gasteiger partial charge in [0.1, 0.15) is 0 Å². The first kappa shape index (κ1) is 33.0. The lowest BCUT2D eigenvalue weighted by molar-refractivity contribution is -0.273. The van der Waals surface area contributed by atoms with E-state index in [1.54, 1.807) is 7.05 Å². The number of carbonyl (C=O) groups excluding carboxylic acids is 2. The van der Waals surface area contributed by atoms with Crippen molar-refractivity contribution in [2.75, 3.05) is 26.7 Å². The van der Waals surface area contributed by atoms with E-state index in [1.165, 1.54) is 64.2 Å². The Balaban J connectivity index is 0.987. The van der Waals surface area contributed by atoms with Crippen molar-refractivity contribution in [2.24, 2.45) is 52.3 Å². The van der Waals surface area contributed by atoms with E-state index in [4.69, 9.17) is 9.47 Å². The Labute approximate surface area is 278 Å². The summed E-state index contributed by atoms with van der Waals surface area (Å²) in [6.45, 7) is 12.0. The fraction of sp³-hybridized carbons (Fsp3) is 0.947. The molecule has 0 aromatic carbocycles. The third-order valence-electron chi connectivity index (χ3n) is 15.4. The van der Waals surface area contributed by atoms with Gasteiger partial charge in [-0.3, -0.25) is 0 Å². The van der Waals surface area contributed by atoms with E-state index in [0.29, 0.717) is 53.7 Å². The average Bonchev–Trinajstić information content (AvgIpc) is 3.50. The van der Waals surface area contributed by atoms with Gasteiger partial charge in [0.05, 0.1) is 12.7 Å². The van der Waals surface area contributed by atoms with Crippen LogP contribution in [0.15, 0.2) is 0 Å². The van der Waals surface area contributed by atoms with Crippen molar-refractivity contribution in [3.63, 3.8) is 0 Å². The molecular formula is C38H64N4O4. The number of nitrogens with zero attached hydrogens (tertiary/aromatic N) is 1. The molecule has 2 heterocycles. The predicted octanol–water partition coefficient (Wildman–Crippen LogP) is 7.07. The van der Waals surface area contributed by atoms with E-state index in [9.17, 15) is 9.59 Å². The van der Waals surface area contributed by atoms with Crippen molar-refractivity contribution in [1.82, 2.24) is 20.9 Å². The summed E-state index contributed by atoms with van der Waals surface area (Å²) in [5.74, 6) is 4.49. The summed E-state index contributed by atoms with van der Waals surface area (Å²) >= 11 is 0. The van der Waals surface area contributed by atoms with Crippen LogP contribution in [-0.4, -0.2) is 67.7 Å². The van der Waals surface area contributed by atoms with E-state index in [0.717, 1.165) is 56.5 Å². The first-order valence-electron chi connectivity index (χ1n) is 19.4. The van der Waals surface area contributed by atoms with E-state index >= 15 is 0 Å². The van der Waals surface area contributed by atoms with Gasteiger partial charge in [-0.05, 0) is 117 Å². The Morgan fingerprint density at radius 2 is 1.65 bits per heavy atom. The smallest absolute Gasteiger partial charge is 0.317 e. The number of hydrogen-bond acceptors (Lipinski definition) is 4. The summed E-state index contributed by atoms with van der Waals surface area (Å²) < 4.78 is 13.6. The molecule has 46 heavy (non-hydrogen) atoms. The van der Waals surface area contributed by atoms with Crippen LogP contribution in [-0.2, 0) is 9.47 Å². The number of fused-ring (bicyclic) bond motifs is 7. The second-order valence-corrected chi connectivity index (χ2v) is 17.6. The molecule has 0 unspecified atom stereocenters. The summed E-state index contributed by atoms with van der Waals surface area (Å²) in [6.07, 6.45) is 18.4. The van der Waals surface area contributed by atoms with Gasteiger partial charge in [0.25, 0.3) is 0 Å². The van der Waals surface area contributed by atoms with Crippen molar-refractivity contribution in [3.05, 3.63) is 0 Å². The number of amides is 4. The molecule has 8 heteroatoms. The fourth-order valence-corrected chi connectivity index (χ4v) is 12.9. The molecule has 260 valence electrons. The molecule has 0 aromatic rings. The van der Waals surface area contributed by atoms with E-state index in [2.05, 4.69) is 43.6 Å². The van der Waals surface area contributed by atoms with Gasteiger partial charge in [0.15, 0.2) is 5.79 Å². The summed E-state index contributed by atoms with van der Waals surface area (Å²) in [4.78, 5) is 27.6. The van der Waals surface area contributed by atoms with Gasteiger partial charge in [-0.1, -0.05) is 47.0 Å². The van der Waals surface area contributed by atoms with Crippen LogP contribution in [0.25, 0.3) is 0 Å². The molecule has 3 N–H and O–H groups in total. The Morgan fingerprint density at radius 3 is 2.39 bits per heavy atom. The average molecular weight is 641 g/mol. The second kappa shape index (κ2) is 12.7. The van der Waals surface area contributed by atoms with Gasteiger partial charge >= 0.3 is 12.1 Å². The topological polar surface area (TPSA) is 91.9 Å². The third-order valence-corrected chi connectivity index (χ3v) is 15.4. The number of rotatable bonds is 5. The Hall–Kier alpha value is -1.54. The van der Waals surface area contributed by atoms with Crippen LogP contribution in [0.2, 0.25) is 0 Å². The van der Waals surface area contributed by atoms with Gasteiger partial charge in [-0.25, -0.2) is 9.59 Å². The first-order valence-corrected chi connectivity index (χ1v) is 19.4. The predicted molar refractivity (Wildman–Crippen MR) is 180 cm³/mol. The number of ether oxygens (including phenoxy) is 2. The zero-order valence-corrected chi connectivity index (χ0v) is 29.6. The Bertz CT molecular complexity index is 1120. The van der Waals surface area contributed by atoms with Crippen molar-refractivity contribution < 1.29 is 19.1 Å². The normalized spacial score (nSPS) is 46.8. The Morgan fingerprint density at radius 1 is 0.870 bits per heavy atom. The van der Waals surface area contributed by atoms with Crippen LogP contribution >= 0.6 is 0 Å².